The van der Waals surface area contributed by atoms with E-state index in [1.807, 2.05) is 84.9 Å². The maximum atomic E-state index is 13.3. The first-order chi connectivity index (χ1) is 18.0. The smallest absolute Gasteiger partial charge is 0.141 e. The van der Waals surface area contributed by atoms with E-state index >= 15 is 0 Å². The van der Waals surface area contributed by atoms with Gasteiger partial charge in [-0.05, 0) is 64.2 Å². The lowest BCUT2D eigenvalue weighted by Crippen LogP contribution is -1.96. The van der Waals surface area contributed by atoms with Gasteiger partial charge in [0, 0.05) is 15.7 Å². The zero-order chi connectivity index (χ0) is 25.4. The Bertz CT molecular complexity index is 1810. The molecule has 0 radical (unpaired) electrons. The van der Waals surface area contributed by atoms with Gasteiger partial charge in [-0.2, -0.15) is 0 Å². The summed E-state index contributed by atoms with van der Waals surface area (Å²) in [5.41, 5.74) is 2.21. The average molecular weight is 527 g/mol. The monoisotopic (exact) mass is 526 g/mol. The van der Waals surface area contributed by atoms with E-state index in [4.69, 9.17) is 8.39 Å². The molecule has 1 aromatic heterocycles. The third kappa shape index (κ3) is 4.53. The highest BCUT2D eigenvalue weighted by molar-refractivity contribution is 7.99. The van der Waals surface area contributed by atoms with Crippen LogP contribution in [0.25, 0.3) is 48.0 Å². The van der Waals surface area contributed by atoms with Crippen molar-refractivity contribution in [2.45, 2.75) is 31.1 Å². The van der Waals surface area contributed by atoms with Gasteiger partial charge in [0.1, 0.15) is 29.4 Å². The Labute approximate surface area is 216 Å². The fraction of sp³-hybridized carbons (Fsp3) is 0.133. The fourth-order valence-corrected chi connectivity index (χ4v) is 7.24. The Morgan fingerprint density at radius 1 is 0.703 bits per heavy atom. The molecular formula is C30H25NO4PS-. The predicted molar refractivity (Wildman–Crippen MR) is 152 cm³/mol. The summed E-state index contributed by atoms with van der Waals surface area (Å²) in [5, 5.41) is 5.88. The van der Waals surface area contributed by atoms with Gasteiger partial charge in [0.25, 0.3) is 0 Å². The summed E-state index contributed by atoms with van der Waals surface area (Å²) >= 11 is 0. The molecule has 6 aromatic rings. The molecule has 5 nitrogen and oxygen atoms in total. The third-order valence-electron chi connectivity index (χ3n) is 6.60. The lowest BCUT2D eigenvalue weighted by atomic mass is 9.99. The van der Waals surface area contributed by atoms with Crippen molar-refractivity contribution in [2.75, 3.05) is 0 Å². The molecule has 0 atom stereocenters. The molecule has 0 bridgehead atoms. The van der Waals surface area contributed by atoms with Gasteiger partial charge in [0.15, 0.2) is 0 Å². The van der Waals surface area contributed by atoms with Gasteiger partial charge in [0.2, 0.25) is 0 Å². The van der Waals surface area contributed by atoms with Crippen LogP contribution in [-0.4, -0.2) is 8.42 Å². The Morgan fingerprint density at radius 3 is 1.78 bits per heavy atom. The minimum Gasteiger partial charge on any atom is -0.435 e. The second kappa shape index (κ2) is 9.71. The topological polar surface area (TPSA) is 74.5 Å². The van der Waals surface area contributed by atoms with Gasteiger partial charge >= 0.3 is 0 Å². The summed E-state index contributed by atoms with van der Waals surface area (Å²) in [6, 6.07) is 30.8. The van der Waals surface area contributed by atoms with E-state index < -0.39 is 18.2 Å². The van der Waals surface area contributed by atoms with Gasteiger partial charge in [0.05, 0.1) is 0 Å². The van der Waals surface area contributed by atoms with E-state index in [1.54, 1.807) is 12.1 Å². The summed E-state index contributed by atoms with van der Waals surface area (Å²) in [7, 11) is -6.17. The molecule has 0 saturated carbocycles. The Kier molecular flexibility index (Phi) is 6.25. The van der Waals surface area contributed by atoms with Crippen LogP contribution in [0.5, 0.6) is 0 Å². The highest BCUT2D eigenvalue weighted by atomic mass is 32.2. The van der Waals surface area contributed by atoms with Crippen molar-refractivity contribution in [3.05, 3.63) is 107 Å². The maximum absolute atomic E-state index is 13.3. The van der Waals surface area contributed by atoms with Gasteiger partial charge in [-0.1, -0.05) is 86.1 Å². The largest absolute Gasteiger partial charge is 0.435 e. The summed E-state index contributed by atoms with van der Waals surface area (Å²) in [5.74, 6) is 0. The molecule has 0 aliphatic heterocycles. The summed E-state index contributed by atoms with van der Waals surface area (Å²) < 4.78 is 43.1. The summed E-state index contributed by atoms with van der Waals surface area (Å²) in [4.78, 5) is 0.129. The molecule has 0 amide bonds. The second-order valence-corrected chi connectivity index (χ2v) is 12.0. The molecule has 37 heavy (non-hydrogen) atoms. The molecule has 186 valence electrons. The molecular weight excluding hydrogens is 501 g/mol. The van der Waals surface area contributed by atoms with Crippen LogP contribution in [0.3, 0.4) is 0 Å². The van der Waals surface area contributed by atoms with Crippen LogP contribution in [0.4, 0.5) is 0 Å². The zero-order valence-electron chi connectivity index (χ0n) is 20.3. The molecule has 0 saturated heterocycles. The number of aryl methyl sites for hydroxylation is 1. The van der Waals surface area contributed by atoms with E-state index in [-0.39, 0.29) is 4.90 Å². The minimum atomic E-state index is -4.00. The van der Waals surface area contributed by atoms with Gasteiger partial charge in [-0.25, -0.2) is 8.42 Å². The summed E-state index contributed by atoms with van der Waals surface area (Å²) in [6.45, 7) is 2.13. The van der Waals surface area contributed by atoms with E-state index in [0.717, 1.165) is 57.1 Å². The second-order valence-electron chi connectivity index (χ2n) is 9.04. The van der Waals surface area contributed by atoms with Crippen molar-refractivity contribution in [3.8, 4) is 0 Å². The number of unbranched alkanes of at least 4 members (excludes halogenated alkanes) is 1. The van der Waals surface area contributed by atoms with Crippen LogP contribution in [0.15, 0.2) is 110 Å². The molecule has 0 aliphatic carbocycles. The number of nitrogens with zero attached hydrogens (tertiary/aromatic N) is 1. The number of sulfonamides is 1. The van der Waals surface area contributed by atoms with Crippen molar-refractivity contribution in [1.82, 2.24) is 0 Å². The molecule has 1 heterocycles. The van der Waals surface area contributed by atoms with Crippen molar-refractivity contribution in [2.24, 2.45) is 0 Å². The first kappa shape index (κ1) is 23.8. The number of rotatable bonds is 6. The van der Waals surface area contributed by atoms with Crippen LogP contribution < -0.4 is 0 Å². The van der Waals surface area contributed by atoms with Gasteiger partial charge in [-0.15, -0.1) is 0 Å². The Morgan fingerprint density at radius 2 is 1.24 bits per heavy atom. The third-order valence-corrected chi connectivity index (χ3v) is 9.57. The fourth-order valence-electron chi connectivity index (χ4n) is 4.74. The quantitative estimate of drug-likeness (QED) is 0.217. The van der Waals surface area contributed by atoms with Crippen LogP contribution in [0.1, 0.15) is 25.3 Å². The number of hydrogen-bond acceptors (Lipinski definition) is 4. The number of fused-ring (bicyclic) bond motifs is 7. The Balaban J connectivity index is 1.57. The van der Waals surface area contributed by atoms with Crippen molar-refractivity contribution in [3.63, 3.8) is 0 Å². The number of hydrogen-bond donors (Lipinski definition) is 0. The molecule has 5 aromatic carbocycles. The molecule has 0 N–H and O–H groups in total. The standard InChI is InChI=1S/C30H25NO4PS/c1-2-3-8-21-13-17-24(18-14-21)37(32,33)31-36-34-27-19-15-22-9-4-6-11-25(22)29(27)30-26-12-7-5-10-23(26)16-20-28(30)35-36/h4-7,9-20H,2-3,8H2,1H3/q-1. The Hall–Kier alpha value is -3.57. The van der Waals surface area contributed by atoms with Crippen molar-refractivity contribution in [1.29, 1.82) is 0 Å². The van der Waals surface area contributed by atoms with E-state index in [0.29, 0.717) is 11.2 Å². The van der Waals surface area contributed by atoms with Gasteiger partial charge < -0.3 is 12.9 Å². The first-order valence-electron chi connectivity index (χ1n) is 12.3. The average Bonchev–Trinajstić information content (AvgIpc) is 3.08. The molecule has 0 aliphatic rings. The number of benzene rings is 5. The maximum Gasteiger partial charge on any atom is 0.141 e. The lowest BCUT2D eigenvalue weighted by molar-refractivity contribution is 0.602. The molecule has 0 fully saturated rings. The van der Waals surface area contributed by atoms with Crippen LogP contribution in [-0.2, 0) is 16.4 Å². The van der Waals surface area contributed by atoms with E-state index in [9.17, 15) is 8.42 Å². The highest BCUT2D eigenvalue weighted by Gasteiger charge is 2.13. The minimum absolute atomic E-state index is 0.129. The van der Waals surface area contributed by atoms with Crippen molar-refractivity contribution >= 4 is 61.7 Å². The lowest BCUT2D eigenvalue weighted by Gasteiger charge is -2.17. The van der Waals surface area contributed by atoms with Gasteiger partial charge in [-0.3, -0.25) is 0 Å². The normalized spacial score (nSPS) is 12.0. The van der Waals surface area contributed by atoms with Crippen LogP contribution in [0.2, 0.25) is 0 Å². The van der Waals surface area contributed by atoms with E-state index in [1.165, 1.54) is 0 Å². The predicted octanol–water partition coefficient (Wildman–Crippen LogP) is 9.46. The molecule has 0 unspecified atom stereocenters. The SMILES string of the molecule is CCCCc1ccc(S(=O)(=O)[N-]p2oc3ccc4ccccc4c3c3c(ccc4ccccc43)o2)cc1. The van der Waals surface area contributed by atoms with E-state index in [2.05, 4.69) is 11.4 Å². The highest BCUT2D eigenvalue weighted by Crippen LogP contribution is 2.45. The van der Waals surface area contributed by atoms with Crippen LogP contribution >= 0.6 is 8.16 Å². The van der Waals surface area contributed by atoms with Crippen molar-refractivity contribution < 1.29 is 16.8 Å². The summed E-state index contributed by atoms with van der Waals surface area (Å²) in [6.07, 6.45) is 3.07. The molecule has 7 heteroatoms. The van der Waals surface area contributed by atoms with Crippen LogP contribution in [0, 0.1) is 0 Å². The molecule has 0 spiro atoms. The molecule has 6 rings (SSSR count). The zero-order valence-corrected chi connectivity index (χ0v) is 22.0. The first-order valence-corrected chi connectivity index (χ1v) is 14.9.